The molecule has 12 heteroatoms. The van der Waals surface area contributed by atoms with Crippen molar-refractivity contribution in [1.29, 1.82) is 0 Å². The number of fused-ring (bicyclic) bond motifs is 2. The van der Waals surface area contributed by atoms with Gasteiger partial charge in [-0.2, -0.15) is 0 Å². The van der Waals surface area contributed by atoms with Crippen LogP contribution in [0.15, 0.2) is 89.9 Å². The molecule has 2 aliphatic rings. The summed E-state index contributed by atoms with van der Waals surface area (Å²) in [6.07, 6.45) is 1.60. The molecule has 244 valence electrons. The van der Waals surface area contributed by atoms with Gasteiger partial charge < -0.3 is 14.8 Å². The number of likely N-dealkylation sites (tertiary alicyclic amines) is 1. The van der Waals surface area contributed by atoms with Gasteiger partial charge in [0.1, 0.15) is 5.54 Å². The Hall–Kier alpha value is -5.75. The van der Waals surface area contributed by atoms with Crippen LogP contribution in [-0.2, 0) is 39.1 Å². The van der Waals surface area contributed by atoms with Gasteiger partial charge in [0.25, 0.3) is 5.56 Å². The first-order valence-corrected chi connectivity index (χ1v) is 15.5. The van der Waals surface area contributed by atoms with Crippen LogP contribution in [0.25, 0.3) is 16.6 Å². The lowest BCUT2D eigenvalue weighted by Gasteiger charge is -2.31. The molecule has 48 heavy (non-hydrogen) atoms. The minimum atomic E-state index is -1.93. The highest BCUT2D eigenvalue weighted by Crippen LogP contribution is 2.50. The molecule has 12 nitrogen and oxygen atoms in total. The number of carboxylic acid groups (broad SMARTS) is 1. The SMILES string of the molecule is COC(=O)c1ccc(CN2C(=O)C3C(c4c(C)n(C)n(-c5ccccc5)c4=O)NC(Cc4c[nH]c5ccccc45)(C(=O)O)C3C2=O)cc1. The summed E-state index contributed by atoms with van der Waals surface area (Å²) in [6.45, 7) is 1.61. The van der Waals surface area contributed by atoms with Gasteiger partial charge in [-0.3, -0.25) is 34.1 Å². The van der Waals surface area contributed by atoms with Crippen molar-refractivity contribution < 1.29 is 29.0 Å². The van der Waals surface area contributed by atoms with E-state index < -0.39 is 52.7 Å². The third-order valence-corrected chi connectivity index (χ3v) is 9.90. The monoisotopic (exact) mass is 647 g/mol. The Balaban J connectivity index is 1.36. The Morgan fingerprint density at radius 1 is 0.938 bits per heavy atom. The van der Waals surface area contributed by atoms with E-state index in [4.69, 9.17) is 4.74 Å². The van der Waals surface area contributed by atoms with Gasteiger partial charge in [0.2, 0.25) is 11.8 Å². The zero-order valence-corrected chi connectivity index (χ0v) is 26.5. The molecule has 0 aliphatic carbocycles. The summed E-state index contributed by atoms with van der Waals surface area (Å²) in [5.41, 5.74) is 1.34. The molecular formula is C36H33N5O7. The number of nitrogens with one attached hydrogen (secondary N) is 2. The zero-order valence-electron chi connectivity index (χ0n) is 26.5. The Labute approximate surface area is 274 Å². The summed E-state index contributed by atoms with van der Waals surface area (Å²) in [6, 6.07) is 21.7. The van der Waals surface area contributed by atoms with Crippen molar-refractivity contribution in [2.24, 2.45) is 18.9 Å². The molecular weight excluding hydrogens is 614 g/mol. The van der Waals surface area contributed by atoms with Gasteiger partial charge >= 0.3 is 11.9 Å². The molecule has 2 aromatic heterocycles. The molecule has 0 radical (unpaired) electrons. The number of imide groups is 1. The third-order valence-electron chi connectivity index (χ3n) is 9.90. The molecule has 5 aromatic rings. The number of methoxy groups -OCH3 is 1. The number of aromatic amines is 1. The Bertz CT molecular complexity index is 2160. The maximum Gasteiger partial charge on any atom is 0.337 e. The minimum Gasteiger partial charge on any atom is -0.480 e. The summed E-state index contributed by atoms with van der Waals surface area (Å²) in [4.78, 5) is 72.8. The van der Waals surface area contributed by atoms with E-state index in [0.29, 0.717) is 28.1 Å². The number of amides is 2. The van der Waals surface area contributed by atoms with Gasteiger partial charge in [-0.15, -0.1) is 0 Å². The van der Waals surface area contributed by atoms with Crippen LogP contribution in [0.2, 0.25) is 0 Å². The molecule has 0 saturated carbocycles. The van der Waals surface area contributed by atoms with E-state index in [9.17, 15) is 29.1 Å². The van der Waals surface area contributed by atoms with E-state index in [1.54, 1.807) is 61.2 Å². The van der Waals surface area contributed by atoms with Crippen molar-refractivity contribution in [2.75, 3.05) is 7.11 Å². The number of rotatable bonds is 8. The fourth-order valence-electron chi connectivity index (χ4n) is 7.47. The van der Waals surface area contributed by atoms with Crippen LogP contribution in [0.1, 0.15) is 38.8 Å². The molecule has 4 unspecified atom stereocenters. The Morgan fingerprint density at radius 3 is 2.31 bits per heavy atom. The predicted octanol–water partition coefficient (Wildman–Crippen LogP) is 3.26. The summed E-state index contributed by atoms with van der Waals surface area (Å²) < 4.78 is 7.92. The quantitative estimate of drug-likeness (QED) is 0.171. The lowest BCUT2D eigenvalue weighted by Crippen LogP contribution is -2.57. The second-order valence-electron chi connectivity index (χ2n) is 12.4. The van der Waals surface area contributed by atoms with Gasteiger partial charge in [-0.1, -0.05) is 48.5 Å². The molecule has 7 rings (SSSR count). The largest absolute Gasteiger partial charge is 0.480 e. The van der Waals surface area contributed by atoms with E-state index in [0.717, 1.165) is 15.8 Å². The first-order valence-electron chi connectivity index (χ1n) is 15.5. The third kappa shape index (κ3) is 4.59. The van der Waals surface area contributed by atoms with Crippen LogP contribution in [0.4, 0.5) is 0 Å². The number of hydrogen-bond donors (Lipinski definition) is 3. The van der Waals surface area contributed by atoms with Gasteiger partial charge in [-0.25, -0.2) is 9.48 Å². The topological polar surface area (TPSA) is 156 Å². The Morgan fingerprint density at radius 2 is 1.62 bits per heavy atom. The summed E-state index contributed by atoms with van der Waals surface area (Å²) in [5.74, 6) is -5.54. The molecule has 0 spiro atoms. The van der Waals surface area contributed by atoms with Crippen molar-refractivity contribution in [1.82, 2.24) is 24.6 Å². The molecule has 3 aromatic carbocycles. The first-order chi connectivity index (χ1) is 23.1. The lowest BCUT2D eigenvalue weighted by molar-refractivity contribution is -0.151. The molecule has 2 fully saturated rings. The van der Waals surface area contributed by atoms with E-state index in [2.05, 4.69) is 10.3 Å². The van der Waals surface area contributed by atoms with Gasteiger partial charge in [-0.05, 0) is 48.4 Å². The van der Waals surface area contributed by atoms with E-state index in [1.165, 1.54) is 23.9 Å². The van der Waals surface area contributed by atoms with E-state index in [1.807, 2.05) is 30.3 Å². The average Bonchev–Trinajstić information content (AvgIpc) is 3.79. The van der Waals surface area contributed by atoms with E-state index in [-0.39, 0.29) is 18.5 Å². The molecule has 4 heterocycles. The number of para-hydroxylation sites is 2. The van der Waals surface area contributed by atoms with Crippen LogP contribution in [0.3, 0.4) is 0 Å². The Kier molecular flexibility index (Phi) is 7.39. The van der Waals surface area contributed by atoms with Crippen molar-refractivity contribution in [3.63, 3.8) is 0 Å². The molecule has 3 N–H and O–H groups in total. The number of nitrogens with zero attached hydrogens (tertiary/aromatic N) is 3. The highest BCUT2D eigenvalue weighted by Gasteiger charge is 2.69. The molecule has 2 saturated heterocycles. The van der Waals surface area contributed by atoms with Crippen LogP contribution in [-0.4, -0.2) is 60.8 Å². The summed E-state index contributed by atoms with van der Waals surface area (Å²) in [7, 11) is 3.00. The smallest absolute Gasteiger partial charge is 0.337 e. The number of aliphatic carboxylic acids is 1. The number of carboxylic acids is 1. The van der Waals surface area contributed by atoms with Crippen LogP contribution in [0, 0.1) is 18.8 Å². The number of ether oxygens (including phenoxy) is 1. The summed E-state index contributed by atoms with van der Waals surface area (Å²) in [5, 5.41) is 15.0. The standard InChI is InChI=1S/C36H33N5O7/c1-20-27(32(43)41(39(20)2)24-9-5-4-6-10-24)30-28-29(33(44)40(31(28)42)19-21-13-15-22(16-14-21)34(45)48-3)36(38-30,35(46)47)17-23-18-37-26-12-8-7-11-25(23)26/h4-16,18,28-30,37-38H,17,19H2,1-3H3,(H,46,47). The molecule has 2 amide bonds. The molecule has 2 aliphatic heterocycles. The van der Waals surface area contributed by atoms with Crippen LogP contribution < -0.4 is 10.9 Å². The van der Waals surface area contributed by atoms with Crippen molar-refractivity contribution in [2.45, 2.75) is 31.5 Å². The number of aromatic nitrogens is 3. The highest BCUT2D eigenvalue weighted by molar-refractivity contribution is 6.09. The predicted molar refractivity (Wildman–Crippen MR) is 174 cm³/mol. The first kappa shape index (κ1) is 30.9. The summed E-state index contributed by atoms with van der Waals surface area (Å²) >= 11 is 0. The lowest BCUT2D eigenvalue weighted by atomic mass is 9.76. The second-order valence-corrected chi connectivity index (χ2v) is 12.4. The number of carbonyl (C=O) groups excluding carboxylic acids is 3. The fourth-order valence-corrected chi connectivity index (χ4v) is 7.47. The van der Waals surface area contributed by atoms with E-state index >= 15 is 0 Å². The van der Waals surface area contributed by atoms with Crippen LogP contribution in [0.5, 0.6) is 0 Å². The van der Waals surface area contributed by atoms with Crippen molar-refractivity contribution in [3.05, 3.63) is 123 Å². The zero-order chi connectivity index (χ0) is 33.9. The van der Waals surface area contributed by atoms with Gasteiger partial charge in [0.05, 0.1) is 48.3 Å². The average molecular weight is 648 g/mol. The highest BCUT2D eigenvalue weighted by atomic mass is 16.5. The van der Waals surface area contributed by atoms with Crippen LogP contribution >= 0.6 is 0 Å². The van der Waals surface area contributed by atoms with Crippen molar-refractivity contribution in [3.8, 4) is 5.69 Å². The second kappa shape index (κ2) is 11.5. The van der Waals surface area contributed by atoms with Gasteiger partial charge in [0, 0.05) is 36.3 Å². The normalized spacial score (nSPS) is 22.0. The number of benzene rings is 3. The minimum absolute atomic E-state index is 0.122. The van der Waals surface area contributed by atoms with Crippen molar-refractivity contribution >= 4 is 34.7 Å². The molecule has 0 bridgehead atoms. The number of carbonyl (C=O) groups is 4. The van der Waals surface area contributed by atoms with Gasteiger partial charge in [0.15, 0.2) is 0 Å². The maximum absolute atomic E-state index is 14.4. The number of hydrogen-bond acceptors (Lipinski definition) is 7. The number of H-pyrrole nitrogens is 1. The maximum atomic E-state index is 14.4. The number of esters is 1. The molecule has 4 atom stereocenters. The fraction of sp³-hybridized carbons (Fsp3) is 0.250.